The Balaban J connectivity index is 1.52. The third-order valence-corrected chi connectivity index (χ3v) is 5.42. The minimum absolute atomic E-state index is 0.0186. The Morgan fingerprint density at radius 2 is 1.72 bits per heavy atom. The van der Waals surface area contributed by atoms with Gasteiger partial charge in [0.25, 0.3) is 5.91 Å². The molecule has 0 fully saturated rings. The number of benzene rings is 3. The van der Waals surface area contributed by atoms with Crippen molar-refractivity contribution in [3.63, 3.8) is 0 Å². The van der Waals surface area contributed by atoms with E-state index in [1.54, 1.807) is 24.4 Å². The fourth-order valence-corrected chi connectivity index (χ4v) is 3.55. The summed E-state index contributed by atoms with van der Waals surface area (Å²) in [5.41, 5.74) is 4.88. The largest absolute Gasteiger partial charge is 0.456 e. The van der Waals surface area contributed by atoms with Crippen LogP contribution in [-0.2, 0) is 6.54 Å². The smallest absolute Gasteiger partial charge is 0.251 e. The molecule has 4 aromatic rings. The summed E-state index contributed by atoms with van der Waals surface area (Å²) < 4.78 is 6.20. The number of nitrogens with one attached hydrogen (secondary N) is 1. The van der Waals surface area contributed by atoms with Crippen molar-refractivity contribution in [3.05, 3.63) is 101 Å². The van der Waals surface area contributed by atoms with E-state index in [9.17, 15) is 9.59 Å². The number of Topliss-reactive ketones (excluding diaryl/α,β-unsaturated/α-hetero) is 1. The number of ether oxygens (including phenoxy) is 1. The topological polar surface area (TPSA) is 68.3 Å². The molecule has 32 heavy (non-hydrogen) atoms. The lowest BCUT2D eigenvalue weighted by Crippen LogP contribution is -2.23. The van der Waals surface area contributed by atoms with Gasteiger partial charge in [0.2, 0.25) is 0 Å². The molecule has 5 heteroatoms. The van der Waals surface area contributed by atoms with Gasteiger partial charge >= 0.3 is 0 Å². The molecule has 1 heterocycles. The first kappa shape index (κ1) is 21.2. The lowest BCUT2D eigenvalue weighted by atomic mass is 10.1. The van der Waals surface area contributed by atoms with Gasteiger partial charge in [-0.1, -0.05) is 36.4 Å². The fourth-order valence-electron chi connectivity index (χ4n) is 3.55. The number of ketones is 1. The second-order valence-corrected chi connectivity index (χ2v) is 7.80. The summed E-state index contributed by atoms with van der Waals surface area (Å²) in [5.74, 6) is 1.15. The lowest BCUT2D eigenvalue weighted by Gasteiger charge is -2.14. The number of amides is 1. The van der Waals surface area contributed by atoms with Crippen molar-refractivity contribution < 1.29 is 14.3 Å². The number of hydrogen-bond acceptors (Lipinski definition) is 4. The number of nitrogens with zero attached hydrogens (tertiary/aromatic N) is 1. The van der Waals surface area contributed by atoms with E-state index in [4.69, 9.17) is 4.74 Å². The molecular weight excluding hydrogens is 400 g/mol. The van der Waals surface area contributed by atoms with Crippen LogP contribution in [0.15, 0.2) is 72.9 Å². The molecule has 0 saturated heterocycles. The zero-order valence-electron chi connectivity index (χ0n) is 18.3. The van der Waals surface area contributed by atoms with Crippen LogP contribution in [0.2, 0.25) is 0 Å². The van der Waals surface area contributed by atoms with E-state index >= 15 is 0 Å². The van der Waals surface area contributed by atoms with Crippen molar-refractivity contribution >= 4 is 22.6 Å². The average molecular weight is 425 g/mol. The highest BCUT2D eigenvalue weighted by Crippen LogP contribution is 2.32. The van der Waals surface area contributed by atoms with Gasteiger partial charge in [0, 0.05) is 34.8 Å². The number of fused-ring (bicyclic) bond motifs is 1. The molecule has 0 atom stereocenters. The van der Waals surface area contributed by atoms with Gasteiger partial charge in [-0.3, -0.25) is 14.6 Å². The SMILES string of the molecule is CC(=O)c1ccc(CNC(=O)c2cccc(Oc3ccnc4cc(C)ccc34)c2C)cc1. The van der Waals surface area contributed by atoms with Crippen LogP contribution in [0.4, 0.5) is 0 Å². The second-order valence-electron chi connectivity index (χ2n) is 7.80. The summed E-state index contributed by atoms with van der Waals surface area (Å²) in [5, 5.41) is 3.86. The van der Waals surface area contributed by atoms with Gasteiger partial charge in [-0.05, 0) is 62.2 Å². The molecule has 0 radical (unpaired) electrons. The van der Waals surface area contributed by atoms with Gasteiger partial charge < -0.3 is 10.1 Å². The van der Waals surface area contributed by atoms with Gasteiger partial charge in [-0.2, -0.15) is 0 Å². The first-order valence-electron chi connectivity index (χ1n) is 10.4. The molecule has 0 bridgehead atoms. The maximum absolute atomic E-state index is 12.8. The molecule has 1 aromatic heterocycles. The first-order chi connectivity index (χ1) is 15.4. The van der Waals surface area contributed by atoms with E-state index in [1.165, 1.54) is 6.92 Å². The molecule has 0 unspecified atom stereocenters. The van der Waals surface area contributed by atoms with Crippen LogP contribution in [0.1, 0.15) is 44.3 Å². The summed E-state index contributed by atoms with van der Waals surface area (Å²) in [6.45, 7) is 5.80. The van der Waals surface area contributed by atoms with Crippen molar-refractivity contribution in [1.29, 1.82) is 0 Å². The molecule has 0 spiro atoms. The number of carbonyl (C=O) groups is 2. The Labute approximate surface area is 187 Å². The highest BCUT2D eigenvalue weighted by Gasteiger charge is 2.14. The minimum Gasteiger partial charge on any atom is -0.456 e. The second kappa shape index (κ2) is 9.02. The Kier molecular flexibility index (Phi) is 5.99. The molecule has 160 valence electrons. The molecule has 3 aromatic carbocycles. The van der Waals surface area contributed by atoms with Crippen LogP contribution in [-0.4, -0.2) is 16.7 Å². The molecule has 0 aliphatic heterocycles. The molecular formula is C27H24N2O3. The maximum atomic E-state index is 12.8. The molecule has 1 amide bonds. The Morgan fingerprint density at radius 3 is 2.47 bits per heavy atom. The zero-order chi connectivity index (χ0) is 22.7. The summed E-state index contributed by atoms with van der Waals surface area (Å²) >= 11 is 0. The summed E-state index contributed by atoms with van der Waals surface area (Å²) in [6, 6.07) is 20.5. The fraction of sp³-hybridized carbons (Fsp3) is 0.148. The third kappa shape index (κ3) is 4.52. The molecule has 1 N–H and O–H groups in total. The van der Waals surface area contributed by atoms with Crippen LogP contribution in [0.25, 0.3) is 10.9 Å². The first-order valence-corrected chi connectivity index (χ1v) is 10.4. The van der Waals surface area contributed by atoms with Crippen molar-refractivity contribution in [2.45, 2.75) is 27.3 Å². The number of aryl methyl sites for hydroxylation is 1. The Bertz CT molecular complexity index is 1310. The zero-order valence-corrected chi connectivity index (χ0v) is 18.3. The predicted octanol–water partition coefficient (Wildman–Crippen LogP) is 5.78. The summed E-state index contributed by atoms with van der Waals surface area (Å²) in [7, 11) is 0. The standard InChI is InChI=1S/C27H24N2O3/c1-17-7-12-23-24(15-17)28-14-13-26(23)32-25-6-4-5-22(18(25)2)27(31)29-16-20-8-10-21(11-9-20)19(3)30/h4-15H,16H2,1-3H3,(H,29,31). The van der Waals surface area contributed by atoms with E-state index in [0.717, 1.165) is 27.6 Å². The van der Waals surface area contributed by atoms with Crippen molar-refractivity contribution in [2.75, 3.05) is 0 Å². The van der Waals surface area contributed by atoms with Crippen LogP contribution < -0.4 is 10.1 Å². The summed E-state index contributed by atoms with van der Waals surface area (Å²) in [6.07, 6.45) is 1.72. The predicted molar refractivity (Wildman–Crippen MR) is 125 cm³/mol. The number of rotatable bonds is 6. The van der Waals surface area contributed by atoms with Crippen LogP contribution in [0.5, 0.6) is 11.5 Å². The number of pyridine rings is 1. The van der Waals surface area contributed by atoms with E-state index < -0.39 is 0 Å². The van der Waals surface area contributed by atoms with Gasteiger partial charge in [-0.15, -0.1) is 0 Å². The molecule has 0 aliphatic rings. The molecule has 4 rings (SSSR count). The third-order valence-electron chi connectivity index (χ3n) is 5.42. The molecule has 5 nitrogen and oxygen atoms in total. The van der Waals surface area contributed by atoms with E-state index in [-0.39, 0.29) is 11.7 Å². The Hall–Kier alpha value is -3.99. The maximum Gasteiger partial charge on any atom is 0.251 e. The average Bonchev–Trinajstić information content (AvgIpc) is 2.79. The van der Waals surface area contributed by atoms with E-state index in [1.807, 2.05) is 62.4 Å². The monoisotopic (exact) mass is 424 g/mol. The Morgan fingerprint density at radius 1 is 0.938 bits per heavy atom. The van der Waals surface area contributed by atoms with E-state index in [2.05, 4.69) is 10.3 Å². The number of aromatic nitrogens is 1. The minimum atomic E-state index is -0.182. The lowest BCUT2D eigenvalue weighted by molar-refractivity contribution is 0.0948. The van der Waals surface area contributed by atoms with Crippen molar-refractivity contribution in [3.8, 4) is 11.5 Å². The number of hydrogen-bond donors (Lipinski definition) is 1. The number of carbonyl (C=O) groups excluding carboxylic acids is 2. The molecule has 0 aliphatic carbocycles. The highest BCUT2D eigenvalue weighted by atomic mass is 16.5. The molecule has 0 saturated carbocycles. The quantitative estimate of drug-likeness (QED) is 0.399. The van der Waals surface area contributed by atoms with Gasteiger partial charge in [-0.25, -0.2) is 0 Å². The van der Waals surface area contributed by atoms with Crippen molar-refractivity contribution in [2.24, 2.45) is 0 Å². The van der Waals surface area contributed by atoms with E-state index in [0.29, 0.717) is 29.2 Å². The van der Waals surface area contributed by atoms with Crippen LogP contribution >= 0.6 is 0 Å². The van der Waals surface area contributed by atoms with Crippen LogP contribution in [0.3, 0.4) is 0 Å². The summed E-state index contributed by atoms with van der Waals surface area (Å²) in [4.78, 5) is 28.7. The van der Waals surface area contributed by atoms with Crippen molar-refractivity contribution in [1.82, 2.24) is 10.3 Å². The van der Waals surface area contributed by atoms with Crippen LogP contribution in [0, 0.1) is 13.8 Å². The highest BCUT2D eigenvalue weighted by molar-refractivity contribution is 5.96. The van der Waals surface area contributed by atoms with Gasteiger partial charge in [0.05, 0.1) is 5.52 Å². The van der Waals surface area contributed by atoms with Gasteiger partial charge in [0.1, 0.15) is 11.5 Å². The van der Waals surface area contributed by atoms with Gasteiger partial charge in [0.15, 0.2) is 5.78 Å². The normalized spacial score (nSPS) is 10.7.